The van der Waals surface area contributed by atoms with Crippen molar-refractivity contribution in [3.8, 4) is 5.69 Å². The highest BCUT2D eigenvalue weighted by Gasteiger charge is 2.12. The first-order valence-corrected chi connectivity index (χ1v) is 8.98. The van der Waals surface area contributed by atoms with Crippen LogP contribution >= 0.6 is 23.4 Å². The Bertz CT molecular complexity index is 1090. The molecule has 5 nitrogen and oxygen atoms in total. The highest BCUT2D eigenvalue weighted by atomic mass is 35.5. The Morgan fingerprint density at radius 3 is 2.52 bits per heavy atom. The lowest BCUT2D eigenvalue weighted by molar-refractivity contribution is 0.893. The van der Waals surface area contributed by atoms with Crippen LogP contribution in [0, 0.1) is 0 Å². The molecule has 124 valence electrons. The molecule has 0 aliphatic heterocycles. The van der Waals surface area contributed by atoms with E-state index in [1.165, 1.54) is 11.8 Å². The van der Waals surface area contributed by atoms with Gasteiger partial charge in [-0.15, -0.1) is 10.2 Å². The Kier molecular flexibility index (Phi) is 4.29. The summed E-state index contributed by atoms with van der Waals surface area (Å²) in [6.07, 6.45) is 3.53. The lowest BCUT2D eigenvalue weighted by Gasteiger charge is -2.06. The van der Waals surface area contributed by atoms with Gasteiger partial charge < -0.3 is 0 Å². The summed E-state index contributed by atoms with van der Waals surface area (Å²) in [6.45, 7) is 0. The molecule has 0 fully saturated rings. The standard InChI is InChI=1S/C18H13ClN4OS/c19-15-9-5-4-6-13(15)12-25-18-21-20-16-17(24)22(10-11-23(16)18)14-7-2-1-3-8-14/h1-11H,12H2. The van der Waals surface area contributed by atoms with E-state index in [0.29, 0.717) is 16.6 Å². The third-order valence-electron chi connectivity index (χ3n) is 3.79. The van der Waals surface area contributed by atoms with Gasteiger partial charge in [-0.25, -0.2) is 0 Å². The Hall–Kier alpha value is -2.57. The molecule has 0 aliphatic rings. The van der Waals surface area contributed by atoms with Crippen molar-refractivity contribution in [3.63, 3.8) is 0 Å². The van der Waals surface area contributed by atoms with Crippen molar-refractivity contribution < 1.29 is 0 Å². The molecule has 0 saturated carbocycles. The highest BCUT2D eigenvalue weighted by molar-refractivity contribution is 7.98. The number of para-hydroxylation sites is 1. The molecule has 2 aromatic carbocycles. The first-order chi connectivity index (χ1) is 12.2. The SMILES string of the molecule is O=c1c2nnc(SCc3ccccc3Cl)n2ccn1-c1ccccc1. The molecule has 0 saturated heterocycles. The van der Waals surface area contributed by atoms with Crippen LogP contribution in [0.5, 0.6) is 0 Å². The fraction of sp³-hybridized carbons (Fsp3) is 0.0556. The molecule has 2 aromatic heterocycles. The minimum absolute atomic E-state index is 0.203. The zero-order valence-corrected chi connectivity index (χ0v) is 14.6. The van der Waals surface area contributed by atoms with Crippen molar-refractivity contribution in [1.29, 1.82) is 0 Å². The normalized spacial score (nSPS) is 11.1. The molecule has 0 atom stereocenters. The smallest absolute Gasteiger partial charge is 0.280 e. The average Bonchev–Trinajstić information content (AvgIpc) is 3.06. The molecule has 0 aliphatic carbocycles. The van der Waals surface area contributed by atoms with Crippen LogP contribution in [-0.4, -0.2) is 19.2 Å². The van der Waals surface area contributed by atoms with Crippen molar-refractivity contribution in [2.24, 2.45) is 0 Å². The first-order valence-electron chi connectivity index (χ1n) is 7.62. The second-order valence-electron chi connectivity index (χ2n) is 5.37. The summed E-state index contributed by atoms with van der Waals surface area (Å²) in [5.41, 5.74) is 1.91. The van der Waals surface area contributed by atoms with Crippen LogP contribution in [0.4, 0.5) is 0 Å². The van der Waals surface area contributed by atoms with E-state index in [2.05, 4.69) is 10.2 Å². The van der Waals surface area contributed by atoms with E-state index in [0.717, 1.165) is 16.3 Å². The van der Waals surface area contributed by atoms with E-state index in [1.807, 2.05) is 54.6 Å². The van der Waals surface area contributed by atoms with Crippen LogP contribution in [0.15, 0.2) is 76.9 Å². The first kappa shape index (κ1) is 15.9. The van der Waals surface area contributed by atoms with E-state index in [1.54, 1.807) is 21.4 Å². The van der Waals surface area contributed by atoms with Gasteiger partial charge in [0, 0.05) is 28.9 Å². The molecule has 4 rings (SSSR count). The van der Waals surface area contributed by atoms with Crippen LogP contribution in [0.1, 0.15) is 5.56 Å². The lowest BCUT2D eigenvalue weighted by atomic mass is 10.2. The van der Waals surface area contributed by atoms with Crippen LogP contribution in [0.25, 0.3) is 11.3 Å². The number of aromatic nitrogens is 4. The third-order valence-corrected chi connectivity index (χ3v) is 5.15. The topological polar surface area (TPSA) is 52.2 Å². The molecular weight excluding hydrogens is 356 g/mol. The van der Waals surface area contributed by atoms with E-state index in [9.17, 15) is 4.79 Å². The number of rotatable bonds is 4. The van der Waals surface area contributed by atoms with Gasteiger partial charge >= 0.3 is 5.56 Å². The summed E-state index contributed by atoms with van der Waals surface area (Å²) in [5, 5.41) is 9.60. The van der Waals surface area contributed by atoms with Crippen molar-refractivity contribution in [1.82, 2.24) is 19.2 Å². The number of fused-ring (bicyclic) bond motifs is 1. The van der Waals surface area contributed by atoms with Gasteiger partial charge in [0.15, 0.2) is 5.16 Å². The average molecular weight is 369 g/mol. The van der Waals surface area contributed by atoms with Gasteiger partial charge in [-0.2, -0.15) is 0 Å². The number of nitrogens with zero attached hydrogens (tertiary/aromatic N) is 4. The van der Waals surface area contributed by atoms with Gasteiger partial charge in [-0.1, -0.05) is 59.8 Å². The lowest BCUT2D eigenvalue weighted by Crippen LogP contribution is -2.20. The molecule has 0 spiro atoms. The van der Waals surface area contributed by atoms with Crippen LogP contribution in [0.3, 0.4) is 0 Å². The van der Waals surface area contributed by atoms with Crippen LogP contribution < -0.4 is 5.56 Å². The summed E-state index contributed by atoms with van der Waals surface area (Å²) in [6, 6.07) is 17.1. The van der Waals surface area contributed by atoms with E-state index >= 15 is 0 Å². The Morgan fingerprint density at radius 1 is 0.960 bits per heavy atom. The van der Waals surface area contributed by atoms with Gasteiger partial charge in [0.2, 0.25) is 5.65 Å². The van der Waals surface area contributed by atoms with Crippen molar-refractivity contribution in [3.05, 3.63) is 87.9 Å². The summed E-state index contributed by atoms with van der Waals surface area (Å²) in [5.74, 6) is 0.655. The van der Waals surface area contributed by atoms with Gasteiger partial charge in [-0.05, 0) is 23.8 Å². The van der Waals surface area contributed by atoms with E-state index < -0.39 is 0 Å². The Labute approximate surface area is 152 Å². The maximum atomic E-state index is 12.7. The Morgan fingerprint density at radius 2 is 1.72 bits per heavy atom. The maximum Gasteiger partial charge on any atom is 0.300 e. The van der Waals surface area contributed by atoms with Gasteiger partial charge in [-0.3, -0.25) is 13.8 Å². The zero-order chi connectivity index (χ0) is 17.2. The molecule has 0 bridgehead atoms. The molecule has 0 radical (unpaired) electrons. The number of thioether (sulfide) groups is 1. The minimum atomic E-state index is -0.203. The molecule has 4 aromatic rings. The maximum absolute atomic E-state index is 12.7. The Balaban J connectivity index is 1.68. The van der Waals surface area contributed by atoms with Gasteiger partial charge in [0.25, 0.3) is 0 Å². The summed E-state index contributed by atoms with van der Waals surface area (Å²) >= 11 is 7.68. The fourth-order valence-corrected chi connectivity index (χ4v) is 3.72. The largest absolute Gasteiger partial charge is 0.300 e. The number of hydrogen-bond donors (Lipinski definition) is 0. The summed E-state index contributed by atoms with van der Waals surface area (Å²) < 4.78 is 3.27. The monoisotopic (exact) mass is 368 g/mol. The number of benzene rings is 2. The molecule has 7 heteroatoms. The molecule has 25 heavy (non-hydrogen) atoms. The minimum Gasteiger partial charge on any atom is -0.280 e. The molecule has 0 unspecified atom stereocenters. The van der Waals surface area contributed by atoms with Crippen molar-refractivity contribution in [2.75, 3.05) is 0 Å². The van der Waals surface area contributed by atoms with Crippen molar-refractivity contribution >= 4 is 29.0 Å². The molecule has 2 heterocycles. The second kappa shape index (κ2) is 6.74. The second-order valence-corrected chi connectivity index (χ2v) is 6.71. The van der Waals surface area contributed by atoms with E-state index in [4.69, 9.17) is 11.6 Å². The summed E-state index contributed by atoms with van der Waals surface area (Å²) in [7, 11) is 0. The predicted molar refractivity (Wildman–Crippen MR) is 99.6 cm³/mol. The van der Waals surface area contributed by atoms with Crippen molar-refractivity contribution in [2.45, 2.75) is 10.9 Å². The van der Waals surface area contributed by atoms with Crippen LogP contribution in [0.2, 0.25) is 5.02 Å². The molecule has 0 N–H and O–H groups in total. The van der Waals surface area contributed by atoms with Gasteiger partial charge in [0.1, 0.15) is 0 Å². The van der Waals surface area contributed by atoms with Gasteiger partial charge in [0.05, 0.1) is 0 Å². The number of hydrogen-bond acceptors (Lipinski definition) is 4. The summed E-state index contributed by atoms with van der Waals surface area (Å²) in [4.78, 5) is 12.7. The fourth-order valence-electron chi connectivity index (χ4n) is 2.51. The van der Waals surface area contributed by atoms with E-state index in [-0.39, 0.29) is 5.56 Å². The molecular formula is C18H13ClN4OS. The molecule has 0 amide bonds. The quantitative estimate of drug-likeness (QED) is 0.514. The highest BCUT2D eigenvalue weighted by Crippen LogP contribution is 2.25. The zero-order valence-electron chi connectivity index (χ0n) is 13.0. The number of halogens is 1. The predicted octanol–water partition coefficient (Wildman–Crippen LogP) is 3.83. The van der Waals surface area contributed by atoms with Crippen LogP contribution in [-0.2, 0) is 5.75 Å². The third kappa shape index (κ3) is 3.06.